The first-order valence-electron chi connectivity index (χ1n) is 4.60. The van der Waals surface area contributed by atoms with Gasteiger partial charge in [0.05, 0.1) is 0 Å². The maximum Gasteiger partial charge on any atom is -0.00812 e. The molecule has 0 heterocycles. The molecule has 0 spiro atoms. The Morgan fingerprint density at radius 2 is 2.00 bits per heavy atom. The van der Waals surface area contributed by atoms with Gasteiger partial charge in [0.15, 0.2) is 0 Å². The number of hydrogen-bond donors (Lipinski definition) is 0. The highest BCUT2D eigenvalue weighted by Crippen LogP contribution is 2.10. The Hall–Kier alpha value is -1.30. The van der Waals surface area contributed by atoms with Crippen molar-refractivity contribution in [2.24, 2.45) is 5.92 Å². The van der Waals surface area contributed by atoms with Crippen molar-refractivity contribution in [2.75, 3.05) is 0 Å². The molecule has 1 aromatic carbocycles. The minimum absolute atomic E-state index is 0.444. The van der Waals surface area contributed by atoms with E-state index in [1.807, 2.05) is 6.08 Å². The SMILES string of the molecule is C=CC(C)/C=C\c1ccccc1C. The largest absolute Gasteiger partial charge is 0.102 e. The van der Waals surface area contributed by atoms with Crippen LogP contribution in [0.15, 0.2) is 43.0 Å². The Labute approximate surface area is 80.6 Å². The van der Waals surface area contributed by atoms with Gasteiger partial charge in [-0.25, -0.2) is 0 Å². The maximum absolute atomic E-state index is 3.74. The lowest BCUT2D eigenvalue weighted by molar-refractivity contribution is 0.949. The predicted molar refractivity (Wildman–Crippen MR) is 59.6 cm³/mol. The standard InChI is InChI=1S/C13H16/c1-4-11(2)9-10-13-8-6-5-7-12(13)3/h4-11H,1H2,2-3H3/b10-9-. The molecule has 0 bridgehead atoms. The van der Waals surface area contributed by atoms with Crippen LogP contribution in [0, 0.1) is 12.8 Å². The smallest absolute Gasteiger partial charge is 0.00812 e. The second-order valence-electron chi connectivity index (χ2n) is 3.31. The summed E-state index contributed by atoms with van der Waals surface area (Å²) < 4.78 is 0. The monoisotopic (exact) mass is 172 g/mol. The highest BCUT2D eigenvalue weighted by atomic mass is 14.0. The van der Waals surface area contributed by atoms with Crippen molar-refractivity contribution >= 4 is 6.08 Å². The van der Waals surface area contributed by atoms with Gasteiger partial charge in [0.1, 0.15) is 0 Å². The number of hydrogen-bond acceptors (Lipinski definition) is 0. The van der Waals surface area contributed by atoms with Crippen LogP contribution in [-0.2, 0) is 0 Å². The van der Waals surface area contributed by atoms with Crippen molar-refractivity contribution in [3.05, 3.63) is 54.1 Å². The molecular weight excluding hydrogens is 156 g/mol. The van der Waals surface area contributed by atoms with E-state index < -0.39 is 0 Å². The zero-order valence-electron chi connectivity index (χ0n) is 8.33. The van der Waals surface area contributed by atoms with E-state index in [0.29, 0.717) is 5.92 Å². The van der Waals surface area contributed by atoms with Crippen molar-refractivity contribution in [1.82, 2.24) is 0 Å². The lowest BCUT2D eigenvalue weighted by atomic mass is 10.1. The third-order valence-electron chi connectivity index (χ3n) is 2.14. The third-order valence-corrected chi connectivity index (χ3v) is 2.14. The fourth-order valence-corrected chi connectivity index (χ4v) is 1.11. The van der Waals surface area contributed by atoms with Gasteiger partial charge in [-0.15, -0.1) is 6.58 Å². The molecule has 0 nitrogen and oxygen atoms in total. The summed E-state index contributed by atoms with van der Waals surface area (Å²) in [6.45, 7) is 7.99. The Kier molecular flexibility index (Phi) is 3.51. The van der Waals surface area contributed by atoms with Gasteiger partial charge < -0.3 is 0 Å². The molecule has 0 aromatic heterocycles. The molecule has 0 N–H and O–H groups in total. The summed E-state index contributed by atoms with van der Waals surface area (Å²) in [7, 11) is 0. The number of allylic oxidation sites excluding steroid dienone is 2. The molecule has 13 heavy (non-hydrogen) atoms. The van der Waals surface area contributed by atoms with Crippen molar-refractivity contribution in [3.8, 4) is 0 Å². The van der Waals surface area contributed by atoms with Crippen LogP contribution >= 0.6 is 0 Å². The Bertz CT molecular complexity index is 308. The van der Waals surface area contributed by atoms with Gasteiger partial charge in [-0.2, -0.15) is 0 Å². The number of aryl methyl sites for hydroxylation is 1. The van der Waals surface area contributed by atoms with Gasteiger partial charge in [0.2, 0.25) is 0 Å². The maximum atomic E-state index is 3.74. The Morgan fingerprint density at radius 3 is 2.62 bits per heavy atom. The van der Waals surface area contributed by atoms with E-state index in [2.05, 4.69) is 56.8 Å². The van der Waals surface area contributed by atoms with E-state index in [1.165, 1.54) is 11.1 Å². The first kappa shape index (κ1) is 9.79. The van der Waals surface area contributed by atoms with Crippen LogP contribution in [0.3, 0.4) is 0 Å². The molecule has 0 radical (unpaired) electrons. The van der Waals surface area contributed by atoms with E-state index in [1.54, 1.807) is 0 Å². The molecule has 0 aliphatic heterocycles. The Balaban J connectivity index is 2.79. The second-order valence-corrected chi connectivity index (χ2v) is 3.31. The fourth-order valence-electron chi connectivity index (χ4n) is 1.11. The quantitative estimate of drug-likeness (QED) is 0.608. The number of benzene rings is 1. The lowest BCUT2D eigenvalue weighted by Crippen LogP contribution is -1.82. The average molecular weight is 172 g/mol. The van der Waals surface area contributed by atoms with Crippen LogP contribution in [0.5, 0.6) is 0 Å². The molecule has 1 aromatic rings. The van der Waals surface area contributed by atoms with E-state index in [0.717, 1.165) is 0 Å². The Morgan fingerprint density at radius 1 is 1.31 bits per heavy atom. The van der Waals surface area contributed by atoms with E-state index in [-0.39, 0.29) is 0 Å². The van der Waals surface area contributed by atoms with Gasteiger partial charge in [-0.3, -0.25) is 0 Å². The summed E-state index contributed by atoms with van der Waals surface area (Å²) in [4.78, 5) is 0. The van der Waals surface area contributed by atoms with Crippen LogP contribution in [0.1, 0.15) is 18.1 Å². The summed E-state index contributed by atoms with van der Waals surface area (Å²) in [5.74, 6) is 0.444. The van der Waals surface area contributed by atoms with Crippen LogP contribution in [0.2, 0.25) is 0 Å². The molecule has 1 atom stereocenters. The highest BCUT2D eigenvalue weighted by molar-refractivity contribution is 5.53. The molecule has 0 heteroatoms. The van der Waals surface area contributed by atoms with Crippen molar-refractivity contribution in [3.63, 3.8) is 0 Å². The highest BCUT2D eigenvalue weighted by Gasteiger charge is 1.92. The van der Waals surface area contributed by atoms with Gasteiger partial charge in [-0.05, 0) is 24.0 Å². The minimum Gasteiger partial charge on any atom is -0.102 e. The molecule has 1 rings (SSSR count). The van der Waals surface area contributed by atoms with Crippen LogP contribution in [0.4, 0.5) is 0 Å². The molecule has 0 amide bonds. The summed E-state index contributed by atoms with van der Waals surface area (Å²) in [6.07, 6.45) is 6.26. The van der Waals surface area contributed by atoms with Gasteiger partial charge in [-0.1, -0.05) is 49.4 Å². The molecule has 68 valence electrons. The van der Waals surface area contributed by atoms with Gasteiger partial charge >= 0.3 is 0 Å². The summed E-state index contributed by atoms with van der Waals surface area (Å²) in [6, 6.07) is 8.37. The summed E-state index contributed by atoms with van der Waals surface area (Å²) in [5, 5.41) is 0. The average Bonchev–Trinajstić information content (AvgIpc) is 2.16. The van der Waals surface area contributed by atoms with E-state index in [9.17, 15) is 0 Å². The summed E-state index contributed by atoms with van der Waals surface area (Å²) >= 11 is 0. The molecule has 1 unspecified atom stereocenters. The van der Waals surface area contributed by atoms with Crippen LogP contribution < -0.4 is 0 Å². The molecule has 0 aliphatic rings. The fraction of sp³-hybridized carbons (Fsp3) is 0.231. The molecular formula is C13H16. The second kappa shape index (κ2) is 4.66. The summed E-state index contributed by atoms with van der Waals surface area (Å²) in [5.41, 5.74) is 2.60. The van der Waals surface area contributed by atoms with Gasteiger partial charge in [0.25, 0.3) is 0 Å². The zero-order chi connectivity index (χ0) is 9.68. The molecule has 0 fully saturated rings. The van der Waals surface area contributed by atoms with E-state index in [4.69, 9.17) is 0 Å². The van der Waals surface area contributed by atoms with Crippen LogP contribution in [0.25, 0.3) is 6.08 Å². The first-order valence-corrected chi connectivity index (χ1v) is 4.60. The lowest BCUT2D eigenvalue weighted by Gasteiger charge is -2.00. The molecule has 0 saturated carbocycles. The zero-order valence-corrected chi connectivity index (χ0v) is 8.33. The van der Waals surface area contributed by atoms with Crippen LogP contribution in [-0.4, -0.2) is 0 Å². The van der Waals surface area contributed by atoms with Crippen molar-refractivity contribution in [1.29, 1.82) is 0 Å². The first-order chi connectivity index (χ1) is 6.24. The van der Waals surface area contributed by atoms with Gasteiger partial charge in [0, 0.05) is 0 Å². The van der Waals surface area contributed by atoms with Crippen molar-refractivity contribution in [2.45, 2.75) is 13.8 Å². The third kappa shape index (κ3) is 2.90. The number of rotatable bonds is 3. The molecule has 0 saturated heterocycles. The van der Waals surface area contributed by atoms with E-state index >= 15 is 0 Å². The predicted octanol–water partition coefficient (Wildman–Crippen LogP) is 3.83. The normalized spacial score (nSPS) is 13.1. The topological polar surface area (TPSA) is 0 Å². The van der Waals surface area contributed by atoms with Crippen molar-refractivity contribution < 1.29 is 0 Å². The molecule has 0 aliphatic carbocycles. The minimum atomic E-state index is 0.444.